The maximum absolute atomic E-state index is 3.48. The van der Waals surface area contributed by atoms with Crippen molar-refractivity contribution in [2.24, 2.45) is 0 Å². The van der Waals surface area contributed by atoms with Crippen LogP contribution in [0.15, 0.2) is 24.3 Å². The standard InChI is InChI=1S/C18H33Br/c1-2-3-4-5-6-7-8-9-10-11-12-13-14-15-16-17-18-19/h5-8H,2-4,9-18H2,1H3/b6-5-,8-7+. The van der Waals surface area contributed by atoms with E-state index < -0.39 is 0 Å². The molecule has 0 saturated carbocycles. The number of halogens is 1. The Morgan fingerprint density at radius 2 is 1.11 bits per heavy atom. The fraction of sp³-hybridized carbons (Fsp3) is 0.778. The molecule has 0 aliphatic heterocycles. The molecule has 0 amide bonds. The highest BCUT2D eigenvalue weighted by molar-refractivity contribution is 9.09. The van der Waals surface area contributed by atoms with Gasteiger partial charge in [-0.1, -0.05) is 98.5 Å². The average Bonchev–Trinajstić information content (AvgIpc) is 2.43. The number of allylic oxidation sites excluding steroid dienone is 4. The Morgan fingerprint density at radius 1 is 0.632 bits per heavy atom. The molecule has 0 fully saturated rings. The van der Waals surface area contributed by atoms with Gasteiger partial charge in [0.15, 0.2) is 0 Å². The lowest BCUT2D eigenvalue weighted by molar-refractivity contribution is 0.579. The Labute approximate surface area is 129 Å². The van der Waals surface area contributed by atoms with Gasteiger partial charge >= 0.3 is 0 Å². The van der Waals surface area contributed by atoms with Crippen LogP contribution in [-0.2, 0) is 0 Å². The molecule has 0 aliphatic carbocycles. The number of hydrogen-bond acceptors (Lipinski definition) is 0. The Balaban J connectivity index is 3.09. The summed E-state index contributed by atoms with van der Waals surface area (Å²) in [5.41, 5.74) is 0. The van der Waals surface area contributed by atoms with E-state index in [1.165, 1.54) is 82.4 Å². The van der Waals surface area contributed by atoms with E-state index in [-0.39, 0.29) is 0 Å². The van der Waals surface area contributed by atoms with E-state index in [0.29, 0.717) is 0 Å². The van der Waals surface area contributed by atoms with Crippen LogP contribution in [0, 0.1) is 0 Å². The van der Waals surface area contributed by atoms with E-state index in [9.17, 15) is 0 Å². The first-order chi connectivity index (χ1) is 9.41. The van der Waals surface area contributed by atoms with Crippen LogP contribution >= 0.6 is 15.9 Å². The second kappa shape index (κ2) is 18.0. The van der Waals surface area contributed by atoms with Gasteiger partial charge in [-0.15, -0.1) is 0 Å². The van der Waals surface area contributed by atoms with E-state index in [2.05, 4.69) is 47.2 Å². The fourth-order valence-electron chi connectivity index (χ4n) is 2.09. The molecule has 0 nitrogen and oxygen atoms in total. The van der Waals surface area contributed by atoms with Crippen molar-refractivity contribution in [1.29, 1.82) is 0 Å². The van der Waals surface area contributed by atoms with Gasteiger partial charge in [-0.25, -0.2) is 0 Å². The summed E-state index contributed by atoms with van der Waals surface area (Å²) in [6.07, 6.45) is 25.4. The van der Waals surface area contributed by atoms with Gasteiger partial charge in [0.1, 0.15) is 0 Å². The second-order valence-electron chi connectivity index (χ2n) is 5.30. The van der Waals surface area contributed by atoms with Gasteiger partial charge in [-0.3, -0.25) is 0 Å². The molecule has 0 aliphatic rings. The summed E-state index contributed by atoms with van der Waals surface area (Å²) in [4.78, 5) is 0. The number of alkyl halides is 1. The molecule has 0 heterocycles. The zero-order chi connectivity index (χ0) is 14.0. The Hall–Kier alpha value is -0.0400. The van der Waals surface area contributed by atoms with Crippen molar-refractivity contribution in [3.8, 4) is 0 Å². The molecule has 0 rings (SSSR count). The third-order valence-corrected chi connectivity index (χ3v) is 3.92. The van der Waals surface area contributed by atoms with Crippen molar-refractivity contribution < 1.29 is 0 Å². The van der Waals surface area contributed by atoms with Gasteiger partial charge in [0.05, 0.1) is 0 Å². The van der Waals surface area contributed by atoms with Crippen LogP contribution in [-0.4, -0.2) is 5.33 Å². The monoisotopic (exact) mass is 328 g/mol. The molecule has 0 atom stereocenters. The summed E-state index contributed by atoms with van der Waals surface area (Å²) in [6, 6.07) is 0. The fourth-order valence-corrected chi connectivity index (χ4v) is 2.49. The zero-order valence-corrected chi connectivity index (χ0v) is 14.5. The summed E-state index contributed by atoms with van der Waals surface area (Å²) in [7, 11) is 0. The highest BCUT2D eigenvalue weighted by Gasteiger charge is 1.91. The van der Waals surface area contributed by atoms with Gasteiger partial charge < -0.3 is 0 Å². The molecule has 0 saturated heterocycles. The van der Waals surface area contributed by atoms with Gasteiger partial charge in [0, 0.05) is 5.33 Å². The number of rotatable bonds is 14. The van der Waals surface area contributed by atoms with Crippen molar-refractivity contribution in [2.45, 2.75) is 84.0 Å². The van der Waals surface area contributed by atoms with E-state index in [4.69, 9.17) is 0 Å². The lowest BCUT2D eigenvalue weighted by atomic mass is 10.1. The molecule has 0 bridgehead atoms. The first kappa shape index (κ1) is 19.0. The van der Waals surface area contributed by atoms with Crippen molar-refractivity contribution >= 4 is 15.9 Å². The lowest BCUT2D eigenvalue weighted by Crippen LogP contribution is -1.81. The molecule has 1 heteroatoms. The van der Waals surface area contributed by atoms with Crippen LogP contribution in [0.2, 0.25) is 0 Å². The number of unbranched alkanes of at least 4 members (excludes halogenated alkanes) is 10. The molecule has 0 aromatic heterocycles. The molecule has 0 N–H and O–H groups in total. The highest BCUT2D eigenvalue weighted by atomic mass is 79.9. The van der Waals surface area contributed by atoms with Crippen molar-refractivity contribution in [2.75, 3.05) is 5.33 Å². The van der Waals surface area contributed by atoms with E-state index in [1.807, 2.05) is 0 Å². The molecular weight excluding hydrogens is 296 g/mol. The SMILES string of the molecule is CCCC/C=C\C=C\CCCCCCCCCCBr. The highest BCUT2D eigenvalue weighted by Crippen LogP contribution is 2.10. The van der Waals surface area contributed by atoms with Crippen LogP contribution in [0.25, 0.3) is 0 Å². The first-order valence-corrected chi connectivity index (χ1v) is 9.41. The number of hydrogen-bond donors (Lipinski definition) is 0. The smallest absolute Gasteiger partial charge is 0.00313 e. The molecular formula is C18H33Br. The van der Waals surface area contributed by atoms with Crippen LogP contribution in [0.5, 0.6) is 0 Å². The molecule has 19 heavy (non-hydrogen) atoms. The maximum atomic E-state index is 3.48. The van der Waals surface area contributed by atoms with Gasteiger partial charge in [-0.2, -0.15) is 0 Å². The van der Waals surface area contributed by atoms with Gasteiger partial charge in [0.2, 0.25) is 0 Å². The Bertz CT molecular complexity index is 206. The van der Waals surface area contributed by atoms with Crippen LogP contribution in [0.1, 0.15) is 84.0 Å². The minimum Gasteiger partial charge on any atom is -0.0928 e. The average molecular weight is 329 g/mol. The summed E-state index contributed by atoms with van der Waals surface area (Å²) >= 11 is 3.48. The summed E-state index contributed by atoms with van der Waals surface area (Å²) < 4.78 is 0. The summed E-state index contributed by atoms with van der Waals surface area (Å²) in [6.45, 7) is 2.24. The van der Waals surface area contributed by atoms with Gasteiger partial charge in [0.25, 0.3) is 0 Å². The van der Waals surface area contributed by atoms with E-state index >= 15 is 0 Å². The van der Waals surface area contributed by atoms with Crippen molar-refractivity contribution in [1.82, 2.24) is 0 Å². The van der Waals surface area contributed by atoms with Crippen molar-refractivity contribution in [3.63, 3.8) is 0 Å². The van der Waals surface area contributed by atoms with Crippen LogP contribution < -0.4 is 0 Å². The lowest BCUT2D eigenvalue weighted by Gasteiger charge is -2.00. The molecule has 0 aromatic carbocycles. The first-order valence-electron chi connectivity index (χ1n) is 8.29. The quantitative estimate of drug-likeness (QED) is 0.180. The molecule has 0 spiro atoms. The third kappa shape index (κ3) is 18.0. The predicted octanol–water partition coefficient (Wildman–Crippen LogP) is 7.19. The Morgan fingerprint density at radius 3 is 1.63 bits per heavy atom. The van der Waals surface area contributed by atoms with Gasteiger partial charge in [-0.05, 0) is 25.7 Å². The summed E-state index contributed by atoms with van der Waals surface area (Å²) in [5.74, 6) is 0. The zero-order valence-electron chi connectivity index (χ0n) is 12.9. The summed E-state index contributed by atoms with van der Waals surface area (Å²) in [5, 5.41) is 1.17. The van der Waals surface area contributed by atoms with Crippen LogP contribution in [0.4, 0.5) is 0 Å². The molecule has 0 unspecified atom stereocenters. The topological polar surface area (TPSA) is 0 Å². The minimum atomic E-state index is 1.17. The molecule has 0 aromatic rings. The minimum absolute atomic E-state index is 1.17. The predicted molar refractivity (Wildman–Crippen MR) is 93.2 cm³/mol. The van der Waals surface area contributed by atoms with Crippen molar-refractivity contribution in [3.05, 3.63) is 24.3 Å². The normalized spacial score (nSPS) is 11.9. The van der Waals surface area contributed by atoms with Crippen LogP contribution in [0.3, 0.4) is 0 Å². The van der Waals surface area contributed by atoms with E-state index in [1.54, 1.807) is 0 Å². The second-order valence-corrected chi connectivity index (χ2v) is 6.10. The maximum Gasteiger partial charge on any atom is 0.00313 e. The molecule has 0 radical (unpaired) electrons. The third-order valence-electron chi connectivity index (χ3n) is 3.36. The van der Waals surface area contributed by atoms with E-state index in [0.717, 1.165) is 0 Å². The Kier molecular flexibility index (Phi) is 17.9. The largest absolute Gasteiger partial charge is 0.0928 e. The molecule has 112 valence electrons.